The van der Waals surface area contributed by atoms with Crippen LogP contribution in [0.1, 0.15) is 19.4 Å². The molecule has 11 heavy (non-hydrogen) atoms. The fourth-order valence-electron chi connectivity index (χ4n) is 0.904. The van der Waals surface area contributed by atoms with E-state index < -0.39 is 0 Å². The van der Waals surface area contributed by atoms with Crippen LogP contribution < -0.4 is 4.74 Å². The lowest BCUT2D eigenvalue weighted by Gasteiger charge is -2.09. The molecule has 0 aliphatic carbocycles. The minimum atomic E-state index is 0.247. The van der Waals surface area contributed by atoms with Crippen molar-refractivity contribution < 1.29 is 4.74 Å². The standard InChI is InChI=1S/C10H13O/c1-8(2)11-10-6-4-5-9(3)7-10/h4,6-8H,1-3H3. The van der Waals surface area contributed by atoms with Crippen molar-refractivity contribution in [3.05, 3.63) is 29.8 Å². The molecule has 0 saturated heterocycles. The molecule has 0 amide bonds. The lowest BCUT2D eigenvalue weighted by atomic mass is 10.2. The lowest BCUT2D eigenvalue weighted by molar-refractivity contribution is 0.242. The number of rotatable bonds is 2. The molecule has 0 N–H and O–H groups in total. The number of aryl methyl sites for hydroxylation is 1. The molecule has 1 heteroatoms. The molecule has 1 rings (SSSR count). The van der Waals surface area contributed by atoms with Crippen LogP contribution in [0.5, 0.6) is 5.75 Å². The number of benzene rings is 1. The fourth-order valence-corrected chi connectivity index (χ4v) is 0.904. The van der Waals surface area contributed by atoms with Gasteiger partial charge < -0.3 is 4.74 Å². The van der Waals surface area contributed by atoms with Gasteiger partial charge in [0, 0.05) is 0 Å². The summed E-state index contributed by atoms with van der Waals surface area (Å²) < 4.78 is 5.48. The highest BCUT2D eigenvalue weighted by atomic mass is 16.5. The largest absolute Gasteiger partial charge is 0.491 e. The zero-order chi connectivity index (χ0) is 8.27. The maximum absolute atomic E-state index is 5.48. The first kappa shape index (κ1) is 8.12. The van der Waals surface area contributed by atoms with Gasteiger partial charge in [-0.25, -0.2) is 0 Å². The van der Waals surface area contributed by atoms with E-state index in [0.717, 1.165) is 11.3 Å². The van der Waals surface area contributed by atoms with Crippen LogP contribution in [0.3, 0.4) is 0 Å². The van der Waals surface area contributed by atoms with E-state index in [0.29, 0.717) is 0 Å². The Morgan fingerprint density at radius 3 is 2.73 bits per heavy atom. The van der Waals surface area contributed by atoms with Crippen LogP contribution in [0.15, 0.2) is 18.2 Å². The second-order valence-electron chi connectivity index (χ2n) is 2.87. The summed E-state index contributed by atoms with van der Waals surface area (Å²) in [4.78, 5) is 0. The molecule has 1 nitrogen and oxygen atoms in total. The Labute approximate surface area is 68.0 Å². The fraction of sp³-hybridized carbons (Fsp3) is 0.400. The molecule has 0 heterocycles. The Hall–Kier alpha value is -0.980. The summed E-state index contributed by atoms with van der Waals surface area (Å²) in [6, 6.07) is 8.86. The Kier molecular flexibility index (Phi) is 2.53. The Bertz CT molecular complexity index is 228. The second-order valence-corrected chi connectivity index (χ2v) is 2.87. The van der Waals surface area contributed by atoms with Gasteiger partial charge in [-0.05, 0) is 44.5 Å². The van der Waals surface area contributed by atoms with Gasteiger partial charge in [0.1, 0.15) is 5.75 Å². The summed E-state index contributed by atoms with van der Waals surface area (Å²) in [5.74, 6) is 0.927. The average Bonchev–Trinajstić information content (AvgIpc) is 1.85. The van der Waals surface area contributed by atoms with Crippen molar-refractivity contribution in [3.8, 4) is 5.75 Å². The van der Waals surface area contributed by atoms with Gasteiger partial charge >= 0.3 is 0 Å². The van der Waals surface area contributed by atoms with Crippen molar-refractivity contribution in [2.24, 2.45) is 0 Å². The van der Waals surface area contributed by atoms with Gasteiger partial charge in [-0.2, -0.15) is 0 Å². The predicted octanol–water partition coefficient (Wildman–Crippen LogP) is 2.58. The van der Waals surface area contributed by atoms with Crippen LogP contribution in [0.25, 0.3) is 0 Å². The minimum Gasteiger partial charge on any atom is -0.491 e. The molecular formula is C10H13O. The molecular weight excluding hydrogens is 136 g/mol. The van der Waals surface area contributed by atoms with E-state index in [-0.39, 0.29) is 6.10 Å². The summed E-state index contributed by atoms with van der Waals surface area (Å²) in [5.41, 5.74) is 1.11. The molecule has 0 unspecified atom stereocenters. The third kappa shape index (κ3) is 2.62. The van der Waals surface area contributed by atoms with Gasteiger partial charge in [0.15, 0.2) is 0 Å². The summed E-state index contributed by atoms with van der Waals surface area (Å²) in [6.07, 6.45) is 0.247. The second kappa shape index (κ2) is 3.42. The molecule has 1 aromatic rings. The predicted molar refractivity (Wildman–Crippen MR) is 45.8 cm³/mol. The third-order valence-corrected chi connectivity index (χ3v) is 1.29. The average molecular weight is 149 g/mol. The third-order valence-electron chi connectivity index (χ3n) is 1.29. The molecule has 0 fully saturated rings. The van der Waals surface area contributed by atoms with Crippen LogP contribution in [0.2, 0.25) is 0 Å². The van der Waals surface area contributed by atoms with Gasteiger partial charge in [-0.1, -0.05) is 6.07 Å². The van der Waals surface area contributed by atoms with Gasteiger partial charge in [0.05, 0.1) is 6.10 Å². The first-order chi connectivity index (χ1) is 5.18. The molecule has 0 spiro atoms. The molecule has 1 aromatic carbocycles. The molecule has 0 atom stereocenters. The van der Waals surface area contributed by atoms with Crippen LogP contribution in [-0.4, -0.2) is 6.10 Å². The van der Waals surface area contributed by atoms with E-state index in [2.05, 4.69) is 6.07 Å². The van der Waals surface area contributed by atoms with E-state index in [1.54, 1.807) is 0 Å². The first-order valence-electron chi connectivity index (χ1n) is 3.83. The SMILES string of the molecule is Cc1[c]ccc(OC(C)C)c1. The van der Waals surface area contributed by atoms with E-state index in [9.17, 15) is 0 Å². The normalized spacial score (nSPS) is 10.2. The van der Waals surface area contributed by atoms with Crippen LogP contribution in [0, 0.1) is 13.0 Å². The molecule has 0 saturated carbocycles. The van der Waals surface area contributed by atoms with Gasteiger partial charge in [-0.15, -0.1) is 0 Å². The summed E-state index contributed by atoms with van der Waals surface area (Å²) in [6.45, 7) is 6.05. The highest BCUT2D eigenvalue weighted by Crippen LogP contribution is 2.13. The maximum Gasteiger partial charge on any atom is 0.119 e. The van der Waals surface area contributed by atoms with E-state index in [1.807, 2.05) is 39.0 Å². The van der Waals surface area contributed by atoms with Gasteiger partial charge in [0.2, 0.25) is 0 Å². The monoisotopic (exact) mass is 149 g/mol. The van der Waals surface area contributed by atoms with Crippen LogP contribution in [-0.2, 0) is 0 Å². The van der Waals surface area contributed by atoms with Gasteiger partial charge in [0.25, 0.3) is 0 Å². The highest BCUT2D eigenvalue weighted by Gasteiger charge is 1.95. The zero-order valence-corrected chi connectivity index (χ0v) is 7.22. The summed E-state index contributed by atoms with van der Waals surface area (Å²) in [5, 5.41) is 0. The van der Waals surface area contributed by atoms with Crippen LogP contribution >= 0.6 is 0 Å². The van der Waals surface area contributed by atoms with Crippen molar-refractivity contribution in [1.29, 1.82) is 0 Å². The smallest absolute Gasteiger partial charge is 0.119 e. The van der Waals surface area contributed by atoms with Crippen molar-refractivity contribution >= 4 is 0 Å². The quantitative estimate of drug-likeness (QED) is 0.628. The molecule has 0 aromatic heterocycles. The van der Waals surface area contributed by atoms with Crippen molar-refractivity contribution in [2.45, 2.75) is 26.9 Å². The van der Waals surface area contributed by atoms with Crippen molar-refractivity contribution in [2.75, 3.05) is 0 Å². The summed E-state index contributed by atoms with van der Waals surface area (Å²) in [7, 11) is 0. The van der Waals surface area contributed by atoms with E-state index >= 15 is 0 Å². The summed E-state index contributed by atoms with van der Waals surface area (Å²) >= 11 is 0. The van der Waals surface area contributed by atoms with Crippen LogP contribution in [0.4, 0.5) is 0 Å². The number of hydrogen-bond acceptors (Lipinski definition) is 1. The van der Waals surface area contributed by atoms with Crippen molar-refractivity contribution in [3.63, 3.8) is 0 Å². The van der Waals surface area contributed by atoms with Gasteiger partial charge in [-0.3, -0.25) is 0 Å². The lowest BCUT2D eigenvalue weighted by Crippen LogP contribution is -2.05. The minimum absolute atomic E-state index is 0.247. The Morgan fingerprint density at radius 2 is 2.18 bits per heavy atom. The molecule has 0 bridgehead atoms. The zero-order valence-electron chi connectivity index (χ0n) is 7.22. The molecule has 59 valence electrons. The Balaban J connectivity index is 2.71. The number of ether oxygens (including phenoxy) is 1. The van der Waals surface area contributed by atoms with E-state index in [4.69, 9.17) is 4.74 Å². The van der Waals surface area contributed by atoms with E-state index in [1.165, 1.54) is 0 Å². The highest BCUT2D eigenvalue weighted by molar-refractivity contribution is 5.26. The topological polar surface area (TPSA) is 9.23 Å². The first-order valence-corrected chi connectivity index (χ1v) is 3.83. The molecule has 0 aliphatic heterocycles. The number of hydrogen-bond donors (Lipinski definition) is 0. The molecule has 1 radical (unpaired) electrons. The molecule has 0 aliphatic rings. The Morgan fingerprint density at radius 1 is 1.45 bits per heavy atom. The van der Waals surface area contributed by atoms with Crippen molar-refractivity contribution in [1.82, 2.24) is 0 Å². The maximum atomic E-state index is 5.48.